The molecule has 7 nitrogen and oxygen atoms in total. The van der Waals surface area contributed by atoms with Gasteiger partial charge in [-0.25, -0.2) is 9.69 Å². The minimum Gasteiger partial charge on any atom is -0.447 e. The molecule has 0 bridgehead atoms. The molecular formula is C41H53NO6Si. The summed E-state index contributed by atoms with van der Waals surface area (Å²) in [6.07, 6.45) is 3.21. The lowest BCUT2D eigenvalue weighted by molar-refractivity contribution is -0.142. The maximum atomic E-state index is 13.7. The van der Waals surface area contributed by atoms with Crippen LogP contribution < -0.4 is 10.4 Å². The van der Waals surface area contributed by atoms with E-state index in [0.717, 1.165) is 33.7 Å². The summed E-state index contributed by atoms with van der Waals surface area (Å²) >= 11 is 0. The van der Waals surface area contributed by atoms with Crippen LogP contribution in [0.1, 0.15) is 65.9 Å². The van der Waals surface area contributed by atoms with Gasteiger partial charge in [-0.2, -0.15) is 0 Å². The zero-order chi connectivity index (χ0) is 35.8. The second-order valence-corrected chi connectivity index (χ2v) is 18.5. The SMILES string of the molecule is C=CC[C@@H](C[C@@H](C)CCC(C)(C)[Si](O)(c1ccccc1)c1ccccc1)[C@H](O)[C@@H](C)C(=O)[C@@H](C)C(=O)N1C(=O)OC[C@H]1Cc1ccccc1. The predicted molar refractivity (Wildman–Crippen MR) is 197 cm³/mol. The van der Waals surface area contributed by atoms with Crippen LogP contribution in [0.4, 0.5) is 4.79 Å². The largest absolute Gasteiger partial charge is 0.447 e. The molecule has 0 radical (unpaired) electrons. The van der Waals surface area contributed by atoms with Crippen molar-refractivity contribution < 1.29 is 29.0 Å². The van der Waals surface area contributed by atoms with Crippen molar-refractivity contribution in [3.8, 4) is 0 Å². The summed E-state index contributed by atoms with van der Waals surface area (Å²) in [5.41, 5.74) is 0.961. The van der Waals surface area contributed by atoms with Crippen molar-refractivity contribution in [1.29, 1.82) is 0 Å². The lowest BCUT2D eigenvalue weighted by atomic mass is 9.78. The van der Waals surface area contributed by atoms with Crippen molar-refractivity contribution in [3.63, 3.8) is 0 Å². The highest BCUT2D eigenvalue weighted by atomic mass is 28.4. The second-order valence-electron chi connectivity index (χ2n) is 14.5. The highest BCUT2D eigenvalue weighted by molar-refractivity contribution is 6.98. The van der Waals surface area contributed by atoms with E-state index in [4.69, 9.17) is 4.74 Å². The number of aliphatic hydroxyl groups excluding tert-OH is 1. The van der Waals surface area contributed by atoms with E-state index in [9.17, 15) is 24.3 Å². The van der Waals surface area contributed by atoms with Gasteiger partial charge in [0.1, 0.15) is 12.4 Å². The molecule has 1 aliphatic rings. The zero-order valence-corrected chi connectivity index (χ0v) is 30.6. The smallest absolute Gasteiger partial charge is 0.417 e. The Balaban J connectivity index is 1.42. The number of carbonyl (C=O) groups is 3. The molecule has 3 aromatic carbocycles. The summed E-state index contributed by atoms with van der Waals surface area (Å²) in [6, 6.07) is 29.0. The number of Topliss-reactive ketones (excluding diaryl/α,β-unsaturated/α-hetero) is 1. The van der Waals surface area contributed by atoms with E-state index >= 15 is 0 Å². The first-order valence-corrected chi connectivity index (χ1v) is 19.5. The van der Waals surface area contributed by atoms with Gasteiger partial charge in [-0.05, 0) is 65.4 Å². The average molecular weight is 684 g/mol. The number of rotatable bonds is 17. The first-order valence-electron chi connectivity index (χ1n) is 17.5. The summed E-state index contributed by atoms with van der Waals surface area (Å²) in [5, 5.41) is 13.1. The molecule has 3 aromatic rings. The van der Waals surface area contributed by atoms with Crippen LogP contribution in [0.2, 0.25) is 5.04 Å². The number of ketones is 1. The van der Waals surface area contributed by atoms with E-state index in [1.54, 1.807) is 13.0 Å². The molecule has 49 heavy (non-hydrogen) atoms. The fourth-order valence-corrected chi connectivity index (χ4v) is 11.1. The quantitative estimate of drug-likeness (QED) is 0.0983. The summed E-state index contributed by atoms with van der Waals surface area (Å²) in [5.74, 6) is -3.01. The van der Waals surface area contributed by atoms with Crippen LogP contribution in [0.5, 0.6) is 0 Å². The summed E-state index contributed by atoms with van der Waals surface area (Å²) < 4.78 is 5.22. The molecule has 1 fully saturated rings. The number of cyclic esters (lactones) is 1. The van der Waals surface area contributed by atoms with Gasteiger partial charge in [0, 0.05) is 5.92 Å². The molecule has 1 aliphatic heterocycles. The van der Waals surface area contributed by atoms with E-state index in [-0.39, 0.29) is 18.4 Å². The number of allylic oxidation sites excluding steroid dienone is 1. The fourth-order valence-electron chi connectivity index (χ4n) is 7.39. The lowest BCUT2D eigenvalue weighted by Crippen LogP contribution is -2.65. The maximum absolute atomic E-state index is 13.7. The van der Waals surface area contributed by atoms with Gasteiger partial charge in [-0.1, -0.05) is 131 Å². The molecule has 1 saturated heterocycles. The number of benzene rings is 3. The molecule has 0 aromatic heterocycles. The number of carbonyl (C=O) groups excluding carboxylic acids is 3. The molecule has 2 amide bonds. The van der Waals surface area contributed by atoms with Crippen LogP contribution in [0, 0.1) is 23.7 Å². The zero-order valence-electron chi connectivity index (χ0n) is 29.6. The Morgan fingerprint density at radius 1 is 0.959 bits per heavy atom. The molecule has 8 heteroatoms. The lowest BCUT2D eigenvalue weighted by Gasteiger charge is -2.42. The molecule has 2 N–H and O–H groups in total. The fraction of sp³-hybridized carbons (Fsp3) is 0.439. The number of nitrogens with zero attached hydrogens (tertiary/aromatic N) is 1. The van der Waals surface area contributed by atoms with Crippen LogP contribution in [0.25, 0.3) is 0 Å². The number of aliphatic hydroxyl groups is 1. The molecule has 4 rings (SSSR count). The van der Waals surface area contributed by atoms with Gasteiger partial charge in [-0.15, -0.1) is 6.58 Å². The number of imide groups is 1. The second kappa shape index (κ2) is 16.7. The van der Waals surface area contributed by atoms with Gasteiger partial charge in [0.15, 0.2) is 0 Å². The Morgan fingerprint density at radius 2 is 1.49 bits per heavy atom. The minimum absolute atomic E-state index is 0.0746. The third-order valence-corrected chi connectivity index (χ3v) is 15.1. The Bertz CT molecular complexity index is 1510. The molecule has 0 saturated carbocycles. The van der Waals surface area contributed by atoms with Gasteiger partial charge < -0.3 is 14.6 Å². The van der Waals surface area contributed by atoms with Crippen molar-refractivity contribution in [2.45, 2.75) is 83.9 Å². The monoisotopic (exact) mass is 683 g/mol. The standard InChI is InChI=1S/C41H53NO6Si/c1-7-17-33(26-29(2)24-25-41(5,6)49(47,35-20-13-9-14-21-35)36-22-15-10-16-23-36)38(44)30(3)37(43)31(4)39(45)42-34(28-48-40(42)46)27-32-18-11-8-12-19-32/h7-16,18-23,29-31,33-34,38,44,47H,1,17,24-28H2,2-6H3/t29-,30-,31+,33-,34+,38+/m0/s1. The van der Waals surface area contributed by atoms with E-state index in [0.29, 0.717) is 19.3 Å². The van der Waals surface area contributed by atoms with Crippen LogP contribution in [0.3, 0.4) is 0 Å². The van der Waals surface area contributed by atoms with Crippen molar-refractivity contribution in [2.24, 2.45) is 23.7 Å². The third kappa shape index (κ3) is 8.66. The normalized spacial score (nSPS) is 18.2. The number of hydrogen-bond donors (Lipinski definition) is 2. The predicted octanol–water partition coefficient (Wildman–Crippen LogP) is 6.31. The highest BCUT2D eigenvalue weighted by Gasteiger charge is 2.50. The highest BCUT2D eigenvalue weighted by Crippen LogP contribution is 2.42. The van der Waals surface area contributed by atoms with Gasteiger partial charge in [-0.3, -0.25) is 9.59 Å². The Labute approximate surface area is 293 Å². The van der Waals surface area contributed by atoms with E-state index in [2.05, 4.69) is 27.4 Å². The first-order chi connectivity index (χ1) is 23.3. The first kappa shape index (κ1) is 38.0. The Morgan fingerprint density at radius 3 is 2.02 bits per heavy atom. The Kier molecular flexibility index (Phi) is 12.9. The maximum Gasteiger partial charge on any atom is 0.417 e. The van der Waals surface area contributed by atoms with E-state index < -0.39 is 55.1 Å². The van der Waals surface area contributed by atoms with Crippen LogP contribution in [-0.2, 0) is 20.7 Å². The van der Waals surface area contributed by atoms with Crippen LogP contribution in [0.15, 0.2) is 104 Å². The van der Waals surface area contributed by atoms with Gasteiger partial charge in [0.05, 0.1) is 18.1 Å². The van der Waals surface area contributed by atoms with Crippen molar-refractivity contribution in [3.05, 3.63) is 109 Å². The number of amides is 2. The number of hydrogen-bond acceptors (Lipinski definition) is 6. The molecule has 0 spiro atoms. The van der Waals surface area contributed by atoms with Crippen molar-refractivity contribution in [2.75, 3.05) is 6.61 Å². The topological polar surface area (TPSA) is 104 Å². The van der Waals surface area contributed by atoms with Gasteiger partial charge in [0.2, 0.25) is 5.91 Å². The molecule has 1 heterocycles. The molecule has 0 unspecified atom stereocenters. The van der Waals surface area contributed by atoms with Gasteiger partial charge in [0.25, 0.3) is 8.32 Å². The summed E-state index contributed by atoms with van der Waals surface area (Å²) in [6.45, 7) is 13.6. The molecule has 6 atom stereocenters. The molecule has 262 valence electrons. The van der Waals surface area contributed by atoms with Crippen LogP contribution >= 0.6 is 0 Å². The van der Waals surface area contributed by atoms with E-state index in [1.165, 1.54) is 6.92 Å². The molecular weight excluding hydrogens is 631 g/mol. The third-order valence-electron chi connectivity index (χ3n) is 10.6. The molecule has 0 aliphatic carbocycles. The average Bonchev–Trinajstić information content (AvgIpc) is 3.48. The summed E-state index contributed by atoms with van der Waals surface area (Å²) in [4.78, 5) is 53.5. The minimum atomic E-state index is -3.15. The van der Waals surface area contributed by atoms with Crippen LogP contribution in [-0.4, -0.2) is 59.7 Å². The van der Waals surface area contributed by atoms with Crippen molar-refractivity contribution >= 4 is 36.5 Å². The number of ether oxygens (including phenoxy) is 1. The summed E-state index contributed by atoms with van der Waals surface area (Å²) in [7, 11) is -3.15. The van der Waals surface area contributed by atoms with E-state index in [1.807, 2.05) is 91.0 Å². The van der Waals surface area contributed by atoms with Gasteiger partial charge >= 0.3 is 6.09 Å². The van der Waals surface area contributed by atoms with Crippen molar-refractivity contribution in [1.82, 2.24) is 4.90 Å². The Hall–Kier alpha value is -3.85.